The van der Waals surface area contributed by atoms with Crippen LogP contribution in [0.15, 0.2) is 0 Å². The van der Waals surface area contributed by atoms with E-state index in [4.69, 9.17) is 11.5 Å². The zero-order valence-corrected chi connectivity index (χ0v) is 11.6. The largest absolute Gasteiger partial charge is 0.480 e. The molecule has 1 fully saturated rings. The van der Waals surface area contributed by atoms with Crippen molar-refractivity contribution in [1.82, 2.24) is 4.90 Å². The lowest BCUT2D eigenvalue weighted by atomic mass is 9.80. The van der Waals surface area contributed by atoms with E-state index in [1.807, 2.05) is 4.90 Å². The predicted molar refractivity (Wildman–Crippen MR) is 73.2 cm³/mol. The van der Waals surface area contributed by atoms with Crippen LogP contribution in [-0.2, 0) is 4.79 Å². The Labute approximate surface area is 111 Å². The molecule has 2 unspecified atom stereocenters. The average Bonchev–Trinajstić information content (AvgIpc) is 2.27. The molecular weight excluding hydrogens is 226 g/mol. The number of aliphatic carboxylic acids is 1. The van der Waals surface area contributed by atoms with E-state index in [1.54, 1.807) is 0 Å². The Morgan fingerprint density at radius 2 is 2.22 bits per heavy atom. The molecule has 1 saturated carbocycles. The van der Waals surface area contributed by atoms with Crippen LogP contribution in [-0.4, -0.2) is 35.1 Å². The van der Waals surface area contributed by atoms with Crippen molar-refractivity contribution in [2.24, 2.45) is 11.8 Å². The summed E-state index contributed by atoms with van der Waals surface area (Å²) in [6, 6.07) is 0.356. The third-order valence-electron chi connectivity index (χ3n) is 3.71. The second-order valence-electron chi connectivity index (χ2n) is 5.82. The predicted octanol–water partition coefficient (Wildman–Crippen LogP) is 2.61. The van der Waals surface area contributed by atoms with Crippen LogP contribution in [0.5, 0.6) is 0 Å². The summed E-state index contributed by atoms with van der Waals surface area (Å²) in [4.78, 5) is 12.8. The van der Waals surface area contributed by atoms with Crippen LogP contribution in [0.1, 0.15) is 46.0 Å². The van der Waals surface area contributed by atoms with Gasteiger partial charge in [-0.25, -0.2) is 0 Å². The second-order valence-corrected chi connectivity index (χ2v) is 5.82. The molecule has 102 valence electrons. The molecule has 0 aromatic carbocycles. The van der Waals surface area contributed by atoms with Gasteiger partial charge in [0.2, 0.25) is 0 Å². The van der Waals surface area contributed by atoms with Gasteiger partial charge in [-0.15, -0.1) is 6.42 Å². The van der Waals surface area contributed by atoms with Gasteiger partial charge in [0, 0.05) is 6.04 Å². The molecule has 0 heterocycles. The van der Waals surface area contributed by atoms with Crippen molar-refractivity contribution in [1.29, 1.82) is 0 Å². The van der Waals surface area contributed by atoms with Gasteiger partial charge < -0.3 is 5.11 Å². The standard InChI is InChI=1S/C15H25NO2/c1-4-8-16(11-15(17)18)14-7-5-6-13(10-14)9-12(2)3/h1,12-14H,5-11H2,2-3H3,(H,17,18). The Bertz CT molecular complexity index is 306. The zero-order chi connectivity index (χ0) is 13.5. The van der Waals surface area contributed by atoms with Crippen LogP contribution >= 0.6 is 0 Å². The third kappa shape index (κ3) is 5.10. The highest BCUT2D eigenvalue weighted by molar-refractivity contribution is 5.69. The van der Waals surface area contributed by atoms with Crippen molar-refractivity contribution in [3.63, 3.8) is 0 Å². The summed E-state index contributed by atoms with van der Waals surface area (Å²) in [6.45, 7) is 5.02. The Hall–Kier alpha value is -1.01. The zero-order valence-electron chi connectivity index (χ0n) is 11.6. The number of hydrogen-bond donors (Lipinski definition) is 1. The molecule has 0 radical (unpaired) electrons. The van der Waals surface area contributed by atoms with Crippen LogP contribution in [0.2, 0.25) is 0 Å². The summed E-state index contributed by atoms with van der Waals surface area (Å²) in [5.74, 6) is 3.26. The van der Waals surface area contributed by atoms with E-state index in [1.165, 1.54) is 19.3 Å². The summed E-state index contributed by atoms with van der Waals surface area (Å²) >= 11 is 0. The van der Waals surface area contributed by atoms with Crippen molar-refractivity contribution >= 4 is 5.97 Å². The molecule has 1 aliphatic rings. The maximum absolute atomic E-state index is 10.9. The van der Waals surface area contributed by atoms with Crippen LogP contribution in [0.4, 0.5) is 0 Å². The lowest BCUT2D eigenvalue weighted by Crippen LogP contribution is -2.42. The van der Waals surface area contributed by atoms with Gasteiger partial charge in [-0.05, 0) is 31.1 Å². The number of rotatable bonds is 6. The highest BCUT2D eigenvalue weighted by atomic mass is 16.4. The molecule has 18 heavy (non-hydrogen) atoms. The molecule has 1 aliphatic carbocycles. The Kier molecular flexibility index (Phi) is 6.21. The average molecular weight is 251 g/mol. The van der Waals surface area contributed by atoms with Gasteiger partial charge in [0.1, 0.15) is 0 Å². The fourth-order valence-corrected chi connectivity index (χ4v) is 3.08. The quantitative estimate of drug-likeness (QED) is 0.738. The van der Waals surface area contributed by atoms with E-state index in [2.05, 4.69) is 19.8 Å². The molecular formula is C15H25NO2. The Morgan fingerprint density at radius 3 is 2.78 bits per heavy atom. The number of hydrogen-bond acceptors (Lipinski definition) is 2. The number of carbonyl (C=O) groups is 1. The SMILES string of the molecule is C#CCN(CC(=O)O)C1CCCC(CC(C)C)C1. The molecule has 2 atom stereocenters. The van der Waals surface area contributed by atoms with Crippen molar-refractivity contribution in [3.8, 4) is 12.3 Å². The molecule has 3 nitrogen and oxygen atoms in total. The summed E-state index contributed by atoms with van der Waals surface area (Å²) in [5.41, 5.74) is 0. The maximum atomic E-state index is 10.9. The van der Waals surface area contributed by atoms with Crippen molar-refractivity contribution < 1.29 is 9.90 Å². The molecule has 0 spiro atoms. The van der Waals surface area contributed by atoms with Crippen LogP contribution in [0.25, 0.3) is 0 Å². The highest BCUT2D eigenvalue weighted by Gasteiger charge is 2.27. The van der Waals surface area contributed by atoms with Crippen molar-refractivity contribution in [3.05, 3.63) is 0 Å². The minimum Gasteiger partial charge on any atom is -0.480 e. The minimum atomic E-state index is -0.781. The number of nitrogens with zero attached hydrogens (tertiary/aromatic N) is 1. The first-order valence-corrected chi connectivity index (χ1v) is 6.92. The van der Waals surface area contributed by atoms with Crippen LogP contribution < -0.4 is 0 Å². The second kappa shape index (κ2) is 7.43. The number of carboxylic acids is 1. The van der Waals surface area contributed by atoms with E-state index in [-0.39, 0.29) is 6.54 Å². The molecule has 0 saturated heterocycles. The summed E-state index contributed by atoms with van der Waals surface area (Å²) in [5, 5.41) is 8.94. The van der Waals surface area contributed by atoms with Gasteiger partial charge in [-0.3, -0.25) is 9.69 Å². The molecule has 1 N–H and O–H groups in total. The summed E-state index contributed by atoms with van der Waals surface area (Å²) < 4.78 is 0. The lowest BCUT2D eigenvalue weighted by molar-refractivity contribution is -0.139. The van der Waals surface area contributed by atoms with Gasteiger partial charge in [0.25, 0.3) is 0 Å². The lowest BCUT2D eigenvalue weighted by Gasteiger charge is -2.36. The molecule has 0 bridgehead atoms. The molecule has 0 aromatic heterocycles. The molecule has 0 aromatic rings. The monoisotopic (exact) mass is 251 g/mol. The van der Waals surface area contributed by atoms with Crippen molar-refractivity contribution in [2.45, 2.75) is 52.0 Å². The van der Waals surface area contributed by atoms with Gasteiger partial charge >= 0.3 is 5.97 Å². The Balaban J connectivity index is 2.56. The molecule has 1 rings (SSSR count). The van der Waals surface area contributed by atoms with E-state index in [0.717, 1.165) is 18.8 Å². The molecule has 3 heteroatoms. The first-order valence-electron chi connectivity index (χ1n) is 6.92. The molecule has 0 aliphatic heterocycles. The third-order valence-corrected chi connectivity index (χ3v) is 3.71. The number of carboxylic acid groups (broad SMARTS) is 1. The van der Waals surface area contributed by atoms with Gasteiger partial charge in [0.15, 0.2) is 0 Å². The minimum absolute atomic E-state index is 0.0727. The van der Waals surface area contributed by atoms with Gasteiger partial charge in [-0.1, -0.05) is 32.6 Å². The normalized spacial score (nSPS) is 24.2. The van der Waals surface area contributed by atoms with Gasteiger partial charge in [-0.2, -0.15) is 0 Å². The fourth-order valence-electron chi connectivity index (χ4n) is 3.08. The topological polar surface area (TPSA) is 40.5 Å². The smallest absolute Gasteiger partial charge is 0.317 e. The number of terminal acetylenes is 1. The Morgan fingerprint density at radius 1 is 1.50 bits per heavy atom. The first kappa shape index (κ1) is 15.0. The fraction of sp³-hybridized carbons (Fsp3) is 0.800. The van der Waals surface area contributed by atoms with Crippen LogP contribution in [0, 0.1) is 24.2 Å². The van der Waals surface area contributed by atoms with E-state index < -0.39 is 5.97 Å². The first-order chi connectivity index (χ1) is 8.52. The highest BCUT2D eigenvalue weighted by Crippen LogP contribution is 2.31. The van der Waals surface area contributed by atoms with Crippen LogP contribution in [0.3, 0.4) is 0 Å². The van der Waals surface area contributed by atoms with E-state index >= 15 is 0 Å². The van der Waals surface area contributed by atoms with E-state index in [9.17, 15) is 4.79 Å². The van der Waals surface area contributed by atoms with Gasteiger partial charge in [0.05, 0.1) is 13.1 Å². The van der Waals surface area contributed by atoms with E-state index in [0.29, 0.717) is 18.5 Å². The molecule has 0 amide bonds. The summed E-state index contributed by atoms with van der Waals surface area (Å²) in [7, 11) is 0. The summed E-state index contributed by atoms with van der Waals surface area (Å²) in [6.07, 6.45) is 11.3. The van der Waals surface area contributed by atoms with Crippen molar-refractivity contribution in [2.75, 3.05) is 13.1 Å². The maximum Gasteiger partial charge on any atom is 0.317 e.